The van der Waals surface area contributed by atoms with Gasteiger partial charge in [-0.05, 0) is 39.0 Å². The van der Waals surface area contributed by atoms with Crippen LogP contribution in [0.15, 0.2) is 35.2 Å². The zero-order valence-electron chi connectivity index (χ0n) is 18.7. The Kier molecular flexibility index (Phi) is 7.76. The Labute approximate surface area is 217 Å². The zero-order chi connectivity index (χ0) is 27.2. The van der Waals surface area contributed by atoms with E-state index < -0.39 is 54.4 Å². The topological polar surface area (TPSA) is 129 Å². The Hall–Kier alpha value is -2.29. The number of carboxylic acid groups (broad SMARTS) is 1. The van der Waals surface area contributed by atoms with Crippen molar-refractivity contribution in [3.8, 4) is 21.1 Å². The van der Waals surface area contributed by atoms with Crippen LogP contribution in [0.1, 0.15) is 37.0 Å². The highest BCUT2D eigenvalue weighted by atomic mass is 35.5. The van der Waals surface area contributed by atoms with E-state index in [9.17, 15) is 36.6 Å². The minimum absolute atomic E-state index is 0.00396. The van der Waals surface area contributed by atoms with Gasteiger partial charge in [0.05, 0.1) is 26.3 Å². The summed E-state index contributed by atoms with van der Waals surface area (Å²) in [6, 6.07) is 4.40. The van der Waals surface area contributed by atoms with Gasteiger partial charge in [0.25, 0.3) is 0 Å². The number of hydrogen-bond acceptors (Lipinski definition) is 7. The molecule has 1 atom stereocenters. The van der Waals surface area contributed by atoms with Gasteiger partial charge in [-0.3, -0.25) is 0 Å². The lowest BCUT2D eigenvalue weighted by Gasteiger charge is -2.18. The number of carbonyl (C=O) groups is 1. The van der Waals surface area contributed by atoms with Crippen LogP contribution in [0.25, 0.3) is 21.1 Å². The average molecular weight is 584 g/mol. The molecule has 0 radical (unpaired) electrons. The Balaban J connectivity index is 2.11. The molecule has 8 nitrogen and oxygen atoms in total. The number of sulfonamides is 1. The van der Waals surface area contributed by atoms with E-state index in [1.807, 2.05) is 0 Å². The van der Waals surface area contributed by atoms with Crippen molar-refractivity contribution in [2.24, 2.45) is 0 Å². The first-order valence-corrected chi connectivity index (χ1v) is 13.0. The van der Waals surface area contributed by atoms with Crippen molar-refractivity contribution < 1.29 is 36.6 Å². The Morgan fingerprint density at radius 1 is 1.11 bits per heavy atom. The molecule has 2 heterocycles. The van der Waals surface area contributed by atoms with Gasteiger partial charge in [-0.2, -0.15) is 17.9 Å². The summed E-state index contributed by atoms with van der Waals surface area (Å²) in [4.78, 5) is 19.6. The van der Waals surface area contributed by atoms with Gasteiger partial charge in [-0.15, -0.1) is 11.3 Å². The molecule has 15 heteroatoms. The first kappa shape index (κ1) is 28.3. The molecular formula is C21H18Cl2F3N3O5S2. The van der Waals surface area contributed by atoms with Crippen LogP contribution >= 0.6 is 34.5 Å². The summed E-state index contributed by atoms with van der Waals surface area (Å²) >= 11 is 13.3. The number of pyridine rings is 1. The summed E-state index contributed by atoms with van der Waals surface area (Å²) in [5, 5.41) is 19.1. The SMILES string of the molecule is CC(NS(=O)(=O)c1ccc(-c2sc(-c3cccc(C(C)(C)O)n3)nc2C(=O)O)c(Cl)c1Cl)C(F)(F)F. The number of rotatable bonds is 7. The number of alkyl halides is 3. The van der Waals surface area contributed by atoms with Crippen molar-refractivity contribution in [2.75, 3.05) is 0 Å². The number of thiazole rings is 1. The fourth-order valence-corrected chi connectivity index (χ4v) is 6.14. The molecule has 0 saturated carbocycles. The number of carboxylic acids is 1. The predicted octanol–water partition coefficient (Wildman–Crippen LogP) is 5.33. The minimum atomic E-state index is -4.84. The van der Waals surface area contributed by atoms with Crippen molar-refractivity contribution in [1.29, 1.82) is 0 Å². The van der Waals surface area contributed by atoms with Crippen molar-refractivity contribution in [3.05, 3.63) is 51.8 Å². The van der Waals surface area contributed by atoms with Crippen LogP contribution in [0.5, 0.6) is 0 Å². The molecule has 0 fully saturated rings. The van der Waals surface area contributed by atoms with Crippen molar-refractivity contribution in [3.63, 3.8) is 0 Å². The second-order valence-corrected chi connectivity index (χ2v) is 11.5. The lowest BCUT2D eigenvalue weighted by molar-refractivity contribution is -0.147. The van der Waals surface area contributed by atoms with Gasteiger partial charge in [0.15, 0.2) is 5.69 Å². The lowest BCUT2D eigenvalue weighted by Crippen LogP contribution is -2.43. The quantitative estimate of drug-likeness (QED) is 0.342. The molecule has 36 heavy (non-hydrogen) atoms. The number of halogens is 5. The summed E-state index contributed by atoms with van der Waals surface area (Å²) in [5.74, 6) is -1.42. The highest BCUT2D eigenvalue weighted by Crippen LogP contribution is 2.43. The molecular weight excluding hydrogens is 566 g/mol. The predicted molar refractivity (Wildman–Crippen MR) is 129 cm³/mol. The molecule has 0 bridgehead atoms. The summed E-state index contributed by atoms with van der Waals surface area (Å²) in [6.45, 7) is 3.67. The highest BCUT2D eigenvalue weighted by molar-refractivity contribution is 7.89. The molecule has 0 aliphatic heterocycles. The summed E-state index contributed by atoms with van der Waals surface area (Å²) in [6.07, 6.45) is -4.84. The summed E-state index contributed by atoms with van der Waals surface area (Å²) in [7, 11) is -4.73. The summed E-state index contributed by atoms with van der Waals surface area (Å²) in [5.41, 5.74) is -1.13. The molecule has 2 aromatic heterocycles. The van der Waals surface area contributed by atoms with E-state index in [2.05, 4.69) is 9.97 Å². The second kappa shape index (κ2) is 9.88. The van der Waals surface area contributed by atoms with Crippen molar-refractivity contribution >= 4 is 50.5 Å². The third-order valence-electron chi connectivity index (χ3n) is 4.83. The molecule has 3 aromatic rings. The fourth-order valence-electron chi connectivity index (χ4n) is 2.93. The number of nitrogens with one attached hydrogen (secondary N) is 1. The number of hydrogen-bond donors (Lipinski definition) is 3. The summed E-state index contributed by atoms with van der Waals surface area (Å²) < 4.78 is 65.0. The van der Waals surface area contributed by atoms with Gasteiger partial charge in [0.2, 0.25) is 10.0 Å². The number of aromatic carboxylic acids is 1. The molecule has 1 unspecified atom stereocenters. The van der Waals surface area contributed by atoms with Gasteiger partial charge in [0, 0.05) is 5.56 Å². The normalized spacial score (nSPS) is 13.6. The molecule has 0 saturated heterocycles. The standard InChI is InChI=1S/C21H18Cl2F3N3O5S2/c1-9(21(24,25)26)29-36(33,34)12-8-7-10(14(22)15(12)23)17-16(19(30)31)28-18(35-17)11-5-4-6-13(27-11)20(2,3)32/h4-9,29,32H,1-3H3,(H,30,31). The van der Waals surface area contributed by atoms with E-state index in [-0.39, 0.29) is 21.1 Å². The monoisotopic (exact) mass is 583 g/mol. The lowest BCUT2D eigenvalue weighted by atomic mass is 10.0. The smallest absolute Gasteiger partial charge is 0.404 e. The zero-order valence-corrected chi connectivity index (χ0v) is 21.8. The van der Waals surface area contributed by atoms with Gasteiger partial charge < -0.3 is 10.2 Å². The van der Waals surface area contributed by atoms with E-state index in [0.717, 1.165) is 23.5 Å². The van der Waals surface area contributed by atoms with E-state index in [0.29, 0.717) is 12.6 Å². The Bertz CT molecular complexity index is 1440. The first-order chi connectivity index (χ1) is 16.4. The first-order valence-electron chi connectivity index (χ1n) is 9.95. The fraction of sp³-hybridized carbons (Fsp3) is 0.286. The molecule has 3 rings (SSSR count). The molecule has 3 N–H and O–H groups in total. The van der Waals surface area contributed by atoms with E-state index in [1.54, 1.807) is 18.2 Å². The van der Waals surface area contributed by atoms with E-state index in [4.69, 9.17) is 23.2 Å². The largest absolute Gasteiger partial charge is 0.476 e. The number of aromatic nitrogens is 2. The van der Waals surface area contributed by atoms with Crippen LogP contribution in [-0.4, -0.2) is 46.8 Å². The molecule has 0 amide bonds. The average Bonchev–Trinajstić information content (AvgIpc) is 3.19. The third-order valence-corrected chi connectivity index (χ3v) is 8.52. The maximum atomic E-state index is 12.8. The van der Waals surface area contributed by atoms with Crippen molar-refractivity contribution in [2.45, 2.75) is 43.5 Å². The van der Waals surface area contributed by atoms with E-state index in [1.165, 1.54) is 18.6 Å². The van der Waals surface area contributed by atoms with Crippen LogP contribution in [0.3, 0.4) is 0 Å². The van der Waals surface area contributed by atoms with Crippen LogP contribution in [0.2, 0.25) is 10.0 Å². The van der Waals surface area contributed by atoms with Crippen LogP contribution < -0.4 is 4.72 Å². The molecule has 0 aliphatic rings. The van der Waals surface area contributed by atoms with Gasteiger partial charge >= 0.3 is 12.1 Å². The van der Waals surface area contributed by atoms with Crippen LogP contribution in [0, 0.1) is 0 Å². The van der Waals surface area contributed by atoms with Crippen LogP contribution in [0.4, 0.5) is 13.2 Å². The Morgan fingerprint density at radius 2 is 1.75 bits per heavy atom. The van der Waals surface area contributed by atoms with Crippen LogP contribution in [-0.2, 0) is 15.6 Å². The minimum Gasteiger partial charge on any atom is -0.476 e. The van der Waals surface area contributed by atoms with Crippen molar-refractivity contribution in [1.82, 2.24) is 14.7 Å². The van der Waals surface area contributed by atoms with Gasteiger partial charge in [0.1, 0.15) is 21.5 Å². The maximum absolute atomic E-state index is 12.8. The third kappa shape index (κ3) is 5.82. The molecule has 1 aromatic carbocycles. The number of benzene rings is 1. The number of nitrogens with zero attached hydrogens (tertiary/aromatic N) is 2. The molecule has 0 aliphatic carbocycles. The Morgan fingerprint density at radius 3 is 2.31 bits per heavy atom. The van der Waals surface area contributed by atoms with E-state index >= 15 is 0 Å². The maximum Gasteiger partial charge on any atom is 0.404 e. The highest BCUT2D eigenvalue weighted by Gasteiger charge is 2.39. The number of aliphatic hydroxyl groups is 1. The molecule has 0 spiro atoms. The van der Waals surface area contributed by atoms with Gasteiger partial charge in [-0.1, -0.05) is 35.3 Å². The van der Waals surface area contributed by atoms with Gasteiger partial charge in [-0.25, -0.2) is 23.2 Å². The second-order valence-electron chi connectivity index (χ2n) is 8.09. The molecule has 194 valence electrons.